The maximum absolute atomic E-state index is 9.95. The highest BCUT2D eigenvalue weighted by Crippen LogP contribution is 2.27. The highest BCUT2D eigenvalue weighted by Gasteiger charge is 2.27. The molecule has 0 aliphatic heterocycles. The average Bonchev–Trinajstić information content (AvgIpc) is 2.02. The summed E-state index contributed by atoms with van der Waals surface area (Å²) in [6.07, 6.45) is 4.76. The Morgan fingerprint density at radius 2 is 1.69 bits per heavy atom. The Kier molecular flexibility index (Phi) is 3.00. The summed E-state index contributed by atoms with van der Waals surface area (Å²) < 4.78 is 0. The summed E-state index contributed by atoms with van der Waals surface area (Å²) in [5.74, 6) is 5.48. The van der Waals surface area contributed by atoms with Crippen molar-refractivity contribution in [2.45, 2.75) is 57.2 Å². The molecule has 0 aromatic heterocycles. The zero-order chi connectivity index (χ0) is 9.95. The minimum atomic E-state index is -0.993. The van der Waals surface area contributed by atoms with Gasteiger partial charge < -0.3 is 10.2 Å². The fourth-order valence-corrected chi connectivity index (χ4v) is 1.53. The van der Waals surface area contributed by atoms with Crippen LogP contribution >= 0.6 is 0 Å². The van der Waals surface area contributed by atoms with Crippen LogP contribution in [0.5, 0.6) is 0 Å². The van der Waals surface area contributed by atoms with Crippen molar-refractivity contribution in [2.75, 3.05) is 0 Å². The Balaban J connectivity index is 2.63. The number of rotatable bonds is 0. The molecule has 13 heavy (non-hydrogen) atoms. The van der Waals surface area contributed by atoms with Gasteiger partial charge in [-0.3, -0.25) is 0 Å². The van der Waals surface area contributed by atoms with Crippen molar-refractivity contribution in [3.63, 3.8) is 0 Å². The lowest BCUT2D eigenvalue weighted by molar-refractivity contribution is 0.0595. The van der Waals surface area contributed by atoms with Crippen LogP contribution in [0, 0.1) is 11.8 Å². The van der Waals surface area contributed by atoms with E-state index in [0.29, 0.717) is 0 Å². The van der Waals surface area contributed by atoms with Crippen molar-refractivity contribution >= 4 is 0 Å². The molecule has 0 heterocycles. The van der Waals surface area contributed by atoms with Crippen molar-refractivity contribution in [1.29, 1.82) is 0 Å². The molecule has 0 bridgehead atoms. The lowest BCUT2D eigenvalue weighted by Gasteiger charge is -2.27. The minimum absolute atomic E-state index is 0.746. The molecule has 1 aliphatic carbocycles. The topological polar surface area (TPSA) is 40.5 Å². The van der Waals surface area contributed by atoms with E-state index in [4.69, 9.17) is 0 Å². The van der Waals surface area contributed by atoms with Gasteiger partial charge in [0.1, 0.15) is 11.2 Å². The standard InChI is InChI=1S/C11H18O2/c1-10(2,12)8-9-11(13)6-4-3-5-7-11/h12-13H,3-7H2,1-2H3. The third-order valence-electron chi connectivity index (χ3n) is 2.28. The second-order valence-electron chi connectivity index (χ2n) is 4.40. The molecule has 2 heteroatoms. The highest BCUT2D eigenvalue weighted by molar-refractivity contribution is 5.19. The van der Waals surface area contributed by atoms with E-state index < -0.39 is 11.2 Å². The molecular formula is C11H18O2. The van der Waals surface area contributed by atoms with Gasteiger partial charge in [-0.25, -0.2) is 0 Å². The normalized spacial score (nSPS) is 21.8. The molecule has 1 aliphatic rings. The van der Waals surface area contributed by atoms with Crippen LogP contribution in [0.4, 0.5) is 0 Å². The van der Waals surface area contributed by atoms with Crippen molar-refractivity contribution < 1.29 is 10.2 Å². The Morgan fingerprint density at radius 3 is 2.15 bits per heavy atom. The molecule has 1 saturated carbocycles. The summed E-state index contributed by atoms with van der Waals surface area (Å²) >= 11 is 0. The zero-order valence-electron chi connectivity index (χ0n) is 8.43. The summed E-state index contributed by atoms with van der Waals surface area (Å²) in [7, 11) is 0. The first-order valence-electron chi connectivity index (χ1n) is 4.90. The van der Waals surface area contributed by atoms with Gasteiger partial charge in [-0.15, -0.1) is 0 Å². The van der Waals surface area contributed by atoms with Gasteiger partial charge in [0, 0.05) is 0 Å². The monoisotopic (exact) mass is 182 g/mol. The third-order valence-corrected chi connectivity index (χ3v) is 2.28. The van der Waals surface area contributed by atoms with Crippen molar-refractivity contribution in [1.82, 2.24) is 0 Å². The molecule has 1 fully saturated rings. The van der Waals surface area contributed by atoms with Crippen molar-refractivity contribution in [3.8, 4) is 11.8 Å². The first kappa shape index (κ1) is 10.6. The number of hydrogen-bond acceptors (Lipinski definition) is 2. The van der Waals surface area contributed by atoms with Crippen LogP contribution < -0.4 is 0 Å². The molecule has 0 amide bonds. The fraction of sp³-hybridized carbons (Fsp3) is 0.818. The van der Waals surface area contributed by atoms with Crippen LogP contribution in [0.25, 0.3) is 0 Å². The molecule has 0 aromatic carbocycles. The van der Waals surface area contributed by atoms with Gasteiger partial charge in [0.2, 0.25) is 0 Å². The molecular weight excluding hydrogens is 164 g/mol. The molecule has 74 valence electrons. The van der Waals surface area contributed by atoms with Crippen LogP contribution in [0.1, 0.15) is 46.0 Å². The van der Waals surface area contributed by atoms with E-state index in [0.717, 1.165) is 25.7 Å². The third kappa shape index (κ3) is 3.80. The summed E-state index contributed by atoms with van der Waals surface area (Å²) in [5.41, 5.74) is -1.83. The summed E-state index contributed by atoms with van der Waals surface area (Å²) in [6.45, 7) is 3.26. The van der Waals surface area contributed by atoms with Gasteiger partial charge in [0.25, 0.3) is 0 Å². The lowest BCUT2D eigenvalue weighted by atomic mass is 9.85. The first-order chi connectivity index (χ1) is 5.91. The van der Waals surface area contributed by atoms with Crippen molar-refractivity contribution in [3.05, 3.63) is 0 Å². The molecule has 0 spiro atoms. The highest BCUT2D eigenvalue weighted by atomic mass is 16.3. The van der Waals surface area contributed by atoms with Gasteiger partial charge in [0.05, 0.1) is 0 Å². The van der Waals surface area contributed by atoms with Crippen LogP contribution in [-0.2, 0) is 0 Å². The van der Waals surface area contributed by atoms with E-state index in [-0.39, 0.29) is 0 Å². The van der Waals surface area contributed by atoms with Gasteiger partial charge >= 0.3 is 0 Å². The van der Waals surface area contributed by atoms with Crippen LogP contribution in [-0.4, -0.2) is 21.4 Å². The molecule has 0 saturated heterocycles. The molecule has 0 atom stereocenters. The van der Waals surface area contributed by atoms with E-state index in [1.54, 1.807) is 13.8 Å². The maximum Gasteiger partial charge on any atom is 0.125 e. The second-order valence-corrected chi connectivity index (χ2v) is 4.40. The Hall–Kier alpha value is -0.520. The molecule has 2 N–H and O–H groups in total. The van der Waals surface area contributed by atoms with Crippen LogP contribution in [0.3, 0.4) is 0 Å². The smallest absolute Gasteiger partial charge is 0.125 e. The Bertz CT molecular complexity index is 221. The van der Waals surface area contributed by atoms with E-state index in [1.807, 2.05) is 0 Å². The Labute approximate surface area is 80.0 Å². The van der Waals surface area contributed by atoms with Gasteiger partial charge in [-0.1, -0.05) is 18.3 Å². The molecule has 0 unspecified atom stereocenters. The Morgan fingerprint density at radius 1 is 1.15 bits per heavy atom. The summed E-state index contributed by atoms with van der Waals surface area (Å²) in [6, 6.07) is 0. The molecule has 0 radical (unpaired) electrons. The van der Waals surface area contributed by atoms with E-state index >= 15 is 0 Å². The van der Waals surface area contributed by atoms with E-state index in [9.17, 15) is 10.2 Å². The first-order valence-corrected chi connectivity index (χ1v) is 4.90. The number of aliphatic hydroxyl groups is 2. The lowest BCUT2D eigenvalue weighted by Crippen LogP contribution is -2.30. The fourth-order valence-electron chi connectivity index (χ4n) is 1.53. The predicted octanol–water partition coefficient (Wildman–Crippen LogP) is 1.46. The maximum atomic E-state index is 9.95. The van der Waals surface area contributed by atoms with Crippen LogP contribution in [0.2, 0.25) is 0 Å². The molecule has 2 nitrogen and oxygen atoms in total. The van der Waals surface area contributed by atoms with E-state index in [2.05, 4.69) is 11.8 Å². The number of hydrogen-bond donors (Lipinski definition) is 2. The van der Waals surface area contributed by atoms with Crippen molar-refractivity contribution in [2.24, 2.45) is 0 Å². The zero-order valence-corrected chi connectivity index (χ0v) is 8.43. The van der Waals surface area contributed by atoms with Gasteiger partial charge in [-0.05, 0) is 39.5 Å². The summed E-state index contributed by atoms with van der Waals surface area (Å²) in [5, 5.41) is 19.3. The van der Waals surface area contributed by atoms with E-state index in [1.165, 1.54) is 6.42 Å². The van der Waals surface area contributed by atoms with Gasteiger partial charge in [0.15, 0.2) is 0 Å². The largest absolute Gasteiger partial charge is 0.378 e. The van der Waals surface area contributed by atoms with Gasteiger partial charge in [-0.2, -0.15) is 0 Å². The predicted molar refractivity (Wildman–Crippen MR) is 52.1 cm³/mol. The quantitative estimate of drug-likeness (QED) is 0.557. The summed E-state index contributed by atoms with van der Waals surface area (Å²) in [4.78, 5) is 0. The second kappa shape index (κ2) is 3.69. The molecule has 1 rings (SSSR count). The molecule has 0 aromatic rings. The average molecular weight is 182 g/mol. The minimum Gasteiger partial charge on any atom is -0.378 e. The SMILES string of the molecule is CC(C)(O)C#CC1(O)CCCCC1. The van der Waals surface area contributed by atoms with Crippen LogP contribution in [0.15, 0.2) is 0 Å².